The van der Waals surface area contributed by atoms with Gasteiger partial charge in [0, 0.05) is 6.07 Å². The van der Waals surface area contributed by atoms with E-state index in [1.54, 1.807) is 51.1 Å². The van der Waals surface area contributed by atoms with Gasteiger partial charge >= 0.3 is 5.97 Å². The lowest BCUT2D eigenvalue weighted by molar-refractivity contribution is -0.385. The highest BCUT2D eigenvalue weighted by molar-refractivity contribution is 7.89. The van der Waals surface area contributed by atoms with E-state index in [4.69, 9.17) is 14.9 Å². The minimum Gasteiger partial charge on any atom is -0.487 e. The Bertz CT molecular complexity index is 1130. The van der Waals surface area contributed by atoms with Gasteiger partial charge in [-0.3, -0.25) is 20.3 Å². The van der Waals surface area contributed by atoms with Crippen molar-refractivity contribution >= 4 is 27.6 Å². The third-order valence-electron chi connectivity index (χ3n) is 4.07. The third-order valence-corrected chi connectivity index (χ3v) is 5.58. The van der Waals surface area contributed by atoms with E-state index in [1.807, 2.05) is 0 Å². The number of non-ortho nitro benzene ring substituents is 1. The minimum absolute atomic E-state index is 0.0635. The van der Waals surface area contributed by atoms with Gasteiger partial charge in [0.05, 0.1) is 17.4 Å². The first-order valence-electron chi connectivity index (χ1n) is 9.75. The number of rotatable bonds is 10. The lowest BCUT2D eigenvalue weighted by atomic mass is 10.1. The number of hydrogen-bond acceptors (Lipinski definition) is 8. The fraction of sp³-hybridized carbons (Fsp3) is 0.333. The van der Waals surface area contributed by atoms with Crippen LogP contribution in [0.2, 0.25) is 0 Å². The van der Waals surface area contributed by atoms with Crippen molar-refractivity contribution in [2.75, 3.05) is 0 Å². The molecule has 0 saturated heterocycles. The molecule has 0 aliphatic carbocycles. The predicted octanol–water partition coefficient (Wildman–Crippen LogP) is 3.09. The van der Waals surface area contributed by atoms with Gasteiger partial charge in [0.25, 0.3) is 5.69 Å². The molecular weight excluding hydrogens is 454 g/mol. The number of nitro groups is 1. The lowest BCUT2D eigenvalue weighted by Gasteiger charge is -2.26. The molecule has 0 saturated carbocycles. The van der Waals surface area contributed by atoms with E-state index in [0.29, 0.717) is 5.56 Å². The van der Waals surface area contributed by atoms with E-state index in [2.05, 4.69) is 4.72 Å². The van der Waals surface area contributed by atoms with Crippen LogP contribution in [0.15, 0.2) is 53.4 Å². The van der Waals surface area contributed by atoms with Gasteiger partial charge in [-0.15, -0.1) is 0 Å². The molecule has 12 heteroatoms. The van der Waals surface area contributed by atoms with Crippen molar-refractivity contribution in [3.63, 3.8) is 0 Å². The summed E-state index contributed by atoms with van der Waals surface area (Å²) >= 11 is 0. The van der Waals surface area contributed by atoms with Gasteiger partial charge in [-0.1, -0.05) is 30.3 Å². The number of ether oxygens (including phenoxy) is 2. The van der Waals surface area contributed by atoms with E-state index in [-0.39, 0.29) is 18.0 Å². The normalized spacial score (nSPS) is 12.6. The predicted molar refractivity (Wildman–Crippen MR) is 119 cm³/mol. The van der Waals surface area contributed by atoms with E-state index in [9.17, 15) is 28.4 Å². The van der Waals surface area contributed by atoms with Crippen molar-refractivity contribution in [3.05, 3.63) is 64.2 Å². The molecule has 0 aliphatic heterocycles. The molecule has 2 aromatic rings. The molecule has 0 radical (unpaired) electrons. The summed E-state index contributed by atoms with van der Waals surface area (Å²) in [5.41, 5.74) is -0.552. The minimum atomic E-state index is -4.46. The van der Waals surface area contributed by atoms with Gasteiger partial charge in [-0.05, 0) is 32.4 Å². The number of benzene rings is 2. The summed E-state index contributed by atoms with van der Waals surface area (Å²) in [5.74, 6) is -2.23. The summed E-state index contributed by atoms with van der Waals surface area (Å²) in [6.45, 7) is 4.81. The maximum Gasteiger partial charge on any atom is 0.305 e. The molecule has 0 heterocycles. The molecule has 11 nitrogen and oxygen atoms in total. The second kappa shape index (κ2) is 10.4. The quantitative estimate of drug-likeness (QED) is 0.202. The van der Waals surface area contributed by atoms with Crippen LogP contribution in [0.4, 0.5) is 5.69 Å². The largest absolute Gasteiger partial charge is 0.487 e. The van der Waals surface area contributed by atoms with Gasteiger partial charge in [0.15, 0.2) is 5.90 Å². The zero-order valence-corrected chi connectivity index (χ0v) is 19.1. The summed E-state index contributed by atoms with van der Waals surface area (Å²) in [5, 5.41) is 28.4. The fourth-order valence-electron chi connectivity index (χ4n) is 2.69. The molecule has 2 aromatic carbocycles. The van der Waals surface area contributed by atoms with Crippen molar-refractivity contribution < 1.29 is 32.7 Å². The topological polar surface area (TPSA) is 169 Å². The Morgan fingerprint density at radius 1 is 1.21 bits per heavy atom. The number of nitro benzene ring substituents is 1. The molecule has 3 N–H and O–H groups in total. The molecule has 0 fully saturated rings. The molecule has 0 amide bonds. The van der Waals surface area contributed by atoms with Crippen LogP contribution < -0.4 is 9.46 Å². The molecular formula is C21H25N3O8S. The van der Waals surface area contributed by atoms with Crippen molar-refractivity contribution in [2.24, 2.45) is 0 Å². The van der Waals surface area contributed by atoms with Crippen LogP contribution in [0.25, 0.3) is 0 Å². The third kappa shape index (κ3) is 7.84. The second-order valence-corrected chi connectivity index (χ2v) is 9.70. The number of carbonyl (C=O) groups is 1. The first-order valence-corrected chi connectivity index (χ1v) is 11.2. The zero-order valence-electron chi connectivity index (χ0n) is 18.3. The van der Waals surface area contributed by atoms with E-state index < -0.39 is 49.8 Å². The average Bonchev–Trinajstić information content (AvgIpc) is 2.70. The van der Waals surface area contributed by atoms with Gasteiger partial charge in [-0.25, -0.2) is 8.42 Å². The molecule has 0 spiro atoms. The van der Waals surface area contributed by atoms with Crippen LogP contribution in [0.3, 0.4) is 0 Å². The molecule has 0 unspecified atom stereocenters. The molecule has 1 atom stereocenters. The van der Waals surface area contributed by atoms with Crippen LogP contribution in [0.5, 0.6) is 5.75 Å². The van der Waals surface area contributed by atoms with Gasteiger partial charge in [0.2, 0.25) is 10.0 Å². The van der Waals surface area contributed by atoms with Crippen LogP contribution in [0, 0.1) is 15.5 Å². The molecule has 2 rings (SSSR count). The SMILES string of the molecule is CC(C)(C)OC(=N)[C@H](CC(=O)O)NS(=O)(=O)c1ccc([N+](=O)[O-])cc1OCc1ccccc1. The maximum atomic E-state index is 13.1. The maximum absolute atomic E-state index is 13.1. The Kier molecular flexibility index (Phi) is 8.12. The number of hydrogen-bond donors (Lipinski definition) is 3. The Morgan fingerprint density at radius 2 is 1.85 bits per heavy atom. The number of aliphatic carboxylic acids is 1. The average molecular weight is 480 g/mol. The summed E-state index contributed by atoms with van der Waals surface area (Å²) in [6.07, 6.45) is -0.749. The molecule has 33 heavy (non-hydrogen) atoms. The molecule has 0 bridgehead atoms. The number of sulfonamides is 1. The number of nitrogens with one attached hydrogen (secondary N) is 2. The summed E-state index contributed by atoms with van der Waals surface area (Å²) in [7, 11) is -4.46. The van der Waals surface area contributed by atoms with Crippen LogP contribution >= 0.6 is 0 Å². The number of nitrogens with zero attached hydrogens (tertiary/aromatic N) is 1. The van der Waals surface area contributed by atoms with Crippen molar-refractivity contribution in [1.82, 2.24) is 4.72 Å². The lowest BCUT2D eigenvalue weighted by Crippen LogP contribution is -2.45. The Labute approximate surface area is 191 Å². The van der Waals surface area contributed by atoms with Gasteiger partial charge in [0.1, 0.15) is 28.9 Å². The van der Waals surface area contributed by atoms with Crippen molar-refractivity contribution in [1.29, 1.82) is 5.41 Å². The Morgan fingerprint density at radius 3 is 2.39 bits per heavy atom. The van der Waals surface area contributed by atoms with E-state index >= 15 is 0 Å². The van der Waals surface area contributed by atoms with Crippen molar-refractivity contribution in [3.8, 4) is 5.75 Å². The summed E-state index contributed by atoms with van der Waals surface area (Å²) in [6, 6.07) is 10.2. The second-order valence-electron chi connectivity index (χ2n) is 8.01. The monoisotopic (exact) mass is 479 g/mol. The highest BCUT2D eigenvalue weighted by atomic mass is 32.2. The fourth-order valence-corrected chi connectivity index (χ4v) is 4.02. The van der Waals surface area contributed by atoms with Gasteiger partial charge < -0.3 is 14.6 Å². The molecule has 0 aliphatic rings. The molecule has 0 aromatic heterocycles. The highest BCUT2D eigenvalue weighted by Gasteiger charge is 2.31. The number of carboxylic acid groups (broad SMARTS) is 1. The van der Waals surface area contributed by atoms with Crippen LogP contribution in [-0.2, 0) is 26.2 Å². The summed E-state index contributed by atoms with van der Waals surface area (Å²) in [4.78, 5) is 21.3. The number of carboxylic acids is 1. The van der Waals surface area contributed by atoms with E-state index in [0.717, 1.165) is 18.2 Å². The van der Waals surface area contributed by atoms with Gasteiger partial charge in [-0.2, -0.15) is 4.72 Å². The van der Waals surface area contributed by atoms with Crippen LogP contribution in [0.1, 0.15) is 32.8 Å². The van der Waals surface area contributed by atoms with Crippen LogP contribution in [-0.4, -0.2) is 42.0 Å². The first kappa shape index (κ1) is 25.7. The smallest absolute Gasteiger partial charge is 0.305 e. The highest BCUT2D eigenvalue weighted by Crippen LogP contribution is 2.30. The standard InChI is InChI=1S/C21H25N3O8S/c1-21(2,3)32-20(22)16(12-19(25)26)23-33(29,30)18-10-9-15(24(27)28)11-17(18)31-13-14-7-5-4-6-8-14/h4-11,16,22-23H,12-13H2,1-3H3,(H,25,26)/t16-/m0/s1. The first-order chi connectivity index (χ1) is 15.3. The van der Waals surface area contributed by atoms with E-state index in [1.165, 1.54) is 0 Å². The Hall–Kier alpha value is -3.51. The Balaban J connectivity index is 2.40. The summed E-state index contributed by atoms with van der Waals surface area (Å²) < 4.78 is 39.3. The van der Waals surface area contributed by atoms with Crippen molar-refractivity contribution in [2.45, 2.75) is 50.3 Å². The zero-order chi connectivity index (χ0) is 24.8. The molecule has 178 valence electrons.